The molecule has 0 saturated carbocycles. The molecule has 0 saturated heterocycles. The summed E-state index contributed by atoms with van der Waals surface area (Å²) in [7, 11) is 0. The van der Waals surface area contributed by atoms with Gasteiger partial charge in [-0.25, -0.2) is 15.0 Å². The third kappa shape index (κ3) is 1.69. The molecule has 0 aliphatic heterocycles. The highest BCUT2D eigenvalue weighted by Gasteiger charge is 1.98. The maximum atomic E-state index is 4.18. The van der Waals surface area contributed by atoms with E-state index in [9.17, 15) is 0 Å². The SMILES string of the molecule is CC=Cc1cn(-c2ncccn2)cn1. The van der Waals surface area contributed by atoms with Crippen molar-refractivity contribution in [1.29, 1.82) is 0 Å². The molecule has 0 spiro atoms. The fourth-order valence-corrected chi connectivity index (χ4v) is 1.13. The van der Waals surface area contributed by atoms with Gasteiger partial charge >= 0.3 is 0 Å². The van der Waals surface area contributed by atoms with Gasteiger partial charge in [0.1, 0.15) is 6.33 Å². The molecule has 0 unspecified atom stereocenters. The first-order chi connectivity index (χ1) is 6.90. The normalized spacial score (nSPS) is 10.9. The van der Waals surface area contributed by atoms with Gasteiger partial charge in [-0.3, -0.25) is 4.57 Å². The first-order valence-corrected chi connectivity index (χ1v) is 4.34. The van der Waals surface area contributed by atoms with Crippen molar-refractivity contribution >= 4 is 6.08 Å². The number of hydrogen-bond acceptors (Lipinski definition) is 3. The van der Waals surface area contributed by atoms with Crippen LogP contribution in [0.15, 0.2) is 37.1 Å². The average Bonchev–Trinajstić information content (AvgIpc) is 2.68. The Kier molecular flexibility index (Phi) is 2.36. The van der Waals surface area contributed by atoms with Crippen LogP contribution in [0.5, 0.6) is 0 Å². The first kappa shape index (κ1) is 8.62. The summed E-state index contributed by atoms with van der Waals surface area (Å²) in [6.45, 7) is 1.96. The average molecular weight is 186 g/mol. The van der Waals surface area contributed by atoms with Crippen LogP contribution in [0, 0.1) is 0 Å². The highest BCUT2D eigenvalue weighted by atomic mass is 15.2. The van der Waals surface area contributed by atoms with E-state index in [0.29, 0.717) is 5.95 Å². The van der Waals surface area contributed by atoms with Gasteiger partial charge in [-0.15, -0.1) is 0 Å². The molecular formula is C10H10N4. The zero-order chi connectivity index (χ0) is 9.80. The van der Waals surface area contributed by atoms with Crippen molar-refractivity contribution in [3.05, 3.63) is 42.8 Å². The Morgan fingerprint density at radius 3 is 2.71 bits per heavy atom. The molecule has 4 nitrogen and oxygen atoms in total. The van der Waals surface area contributed by atoms with Crippen LogP contribution < -0.4 is 0 Å². The lowest BCUT2D eigenvalue weighted by atomic mass is 10.4. The molecule has 0 aromatic carbocycles. The van der Waals surface area contributed by atoms with Crippen LogP contribution in [-0.4, -0.2) is 19.5 Å². The largest absolute Gasteiger partial charge is 0.274 e. The number of imidazole rings is 1. The molecule has 2 aromatic heterocycles. The molecule has 4 heteroatoms. The van der Waals surface area contributed by atoms with E-state index in [4.69, 9.17) is 0 Å². The van der Waals surface area contributed by atoms with Crippen LogP contribution in [0.3, 0.4) is 0 Å². The second-order valence-corrected chi connectivity index (χ2v) is 2.75. The van der Waals surface area contributed by atoms with Crippen LogP contribution >= 0.6 is 0 Å². The first-order valence-electron chi connectivity index (χ1n) is 4.34. The Labute approximate surface area is 82.0 Å². The highest BCUT2D eigenvalue weighted by molar-refractivity contribution is 5.43. The molecule has 2 rings (SSSR count). The molecule has 0 atom stereocenters. The van der Waals surface area contributed by atoms with Gasteiger partial charge in [0.05, 0.1) is 5.69 Å². The van der Waals surface area contributed by atoms with E-state index in [1.807, 2.05) is 25.3 Å². The zero-order valence-corrected chi connectivity index (χ0v) is 7.83. The topological polar surface area (TPSA) is 43.6 Å². The van der Waals surface area contributed by atoms with E-state index in [-0.39, 0.29) is 0 Å². The lowest BCUT2D eigenvalue weighted by Crippen LogP contribution is -1.96. The van der Waals surface area contributed by atoms with Crippen molar-refractivity contribution in [2.75, 3.05) is 0 Å². The predicted molar refractivity (Wildman–Crippen MR) is 53.9 cm³/mol. The van der Waals surface area contributed by atoms with Crippen LogP contribution in [0.4, 0.5) is 0 Å². The molecule has 0 N–H and O–H groups in total. The van der Waals surface area contributed by atoms with Crippen LogP contribution in [-0.2, 0) is 0 Å². The van der Waals surface area contributed by atoms with E-state index in [2.05, 4.69) is 15.0 Å². The third-order valence-corrected chi connectivity index (χ3v) is 1.72. The quantitative estimate of drug-likeness (QED) is 0.716. The van der Waals surface area contributed by atoms with Crippen molar-refractivity contribution in [3.63, 3.8) is 0 Å². The van der Waals surface area contributed by atoms with Gasteiger partial charge in [0, 0.05) is 18.6 Å². The van der Waals surface area contributed by atoms with E-state index in [1.165, 1.54) is 0 Å². The second kappa shape index (κ2) is 3.83. The number of allylic oxidation sites excluding steroid dienone is 1. The predicted octanol–water partition coefficient (Wildman–Crippen LogP) is 1.70. The fraction of sp³-hybridized carbons (Fsp3) is 0.100. The van der Waals surface area contributed by atoms with Gasteiger partial charge in [-0.1, -0.05) is 6.08 Å². The van der Waals surface area contributed by atoms with Crippen molar-refractivity contribution < 1.29 is 0 Å². The summed E-state index contributed by atoms with van der Waals surface area (Å²) in [4.78, 5) is 12.4. The van der Waals surface area contributed by atoms with Crippen LogP contribution in [0.25, 0.3) is 12.0 Å². The summed E-state index contributed by atoms with van der Waals surface area (Å²) in [5, 5.41) is 0. The zero-order valence-electron chi connectivity index (χ0n) is 7.83. The Hall–Kier alpha value is -1.97. The smallest absolute Gasteiger partial charge is 0.234 e. The molecule has 0 aliphatic carbocycles. The van der Waals surface area contributed by atoms with Crippen molar-refractivity contribution in [2.24, 2.45) is 0 Å². The van der Waals surface area contributed by atoms with Crippen LogP contribution in [0.1, 0.15) is 12.6 Å². The molecule has 0 aliphatic rings. The van der Waals surface area contributed by atoms with Gasteiger partial charge < -0.3 is 0 Å². The van der Waals surface area contributed by atoms with E-state index >= 15 is 0 Å². The number of rotatable bonds is 2. The van der Waals surface area contributed by atoms with Crippen molar-refractivity contribution in [1.82, 2.24) is 19.5 Å². The molecule has 2 heterocycles. The lowest BCUT2D eigenvalue weighted by molar-refractivity contribution is 0.925. The van der Waals surface area contributed by atoms with Gasteiger partial charge in [-0.2, -0.15) is 0 Å². The standard InChI is InChI=1S/C10H10N4/c1-2-4-9-7-14(8-13-9)10-11-5-3-6-12-10/h2-8H,1H3. The maximum Gasteiger partial charge on any atom is 0.234 e. The number of nitrogens with zero attached hydrogens (tertiary/aromatic N) is 4. The van der Waals surface area contributed by atoms with Gasteiger partial charge in [0.2, 0.25) is 5.95 Å². The monoisotopic (exact) mass is 186 g/mol. The number of aromatic nitrogens is 4. The molecule has 2 aromatic rings. The molecule has 0 fully saturated rings. The molecule has 70 valence electrons. The van der Waals surface area contributed by atoms with Crippen molar-refractivity contribution in [2.45, 2.75) is 6.92 Å². The minimum atomic E-state index is 0.635. The summed E-state index contributed by atoms with van der Waals surface area (Å²) >= 11 is 0. The van der Waals surface area contributed by atoms with Gasteiger partial charge in [-0.05, 0) is 19.1 Å². The summed E-state index contributed by atoms with van der Waals surface area (Å²) in [6.07, 6.45) is 10.9. The summed E-state index contributed by atoms with van der Waals surface area (Å²) in [5.74, 6) is 0.635. The minimum absolute atomic E-state index is 0.635. The second-order valence-electron chi connectivity index (χ2n) is 2.75. The Balaban J connectivity index is 2.34. The molecule has 14 heavy (non-hydrogen) atoms. The fourth-order valence-electron chi connectivity index (χ4n) is 1.13. The Bertz CT molecular complexity index is 430. The molecule has 0 radical (unpaired) electrons. The molecule has 0 bridgehead atoms. The summed E-state index contributed by atoms with van der Waals surface area (Å²) in [6, 6.07) is 1.79. The van der Waals surface area contributed by atoms with E-state index < -0.39 is 0 Å². The molecule has 0 amide bonds. The van der Waals surface area contributed by atoms with E-state index in [1.54, 1.807) is 29.4 Å². The molecular weight excluding hydrogens is 176 g/mol. The lowest BCUT2D eigenvalue weighted by Gasteiger charge is -1.95. The van der Waals surface area contributed by atoms with Crippen LogP contribution in [0.2, 0.25) is 0 Å². The van der Waals surface area contributed by atoms with E-state index in [0.717, 1.165) is 5.69 Å². The Morgan fingerprint density at radius 2 is 2.00 bits per heavy atom. The minimum Gasteiger partial charge on any atom is -0.274 e. The number of hydrogen-bond donors (Lipinski definition) is 0. The Morgan fingerprint density at radius 1 is 1.21 bits per heavy atom. The summed E-state index contributed by atoms with van der Waals surface area (Å²) < 4.78 is 1.79. The third-order valence-electron chi connectivity index (χ3n) is 1.72. The maximum absolute atomic E-state index is 4.18. The highest BCUT2D eigenvalue weighted by Crippen LogP contribution is 2.03. The van der Waals surface area contributed by atoms with Gasteiger partial charge in [0.25, 0.3) is 0 Å². The summed E-state index contributed by atoms with van der Waals surface area (Å²) in [5.41, 5.74) is 0.903. The van der Waals surface area contributed by atoms with Crippen molar-refractivity contribution in [3.8, 4) is 5.95 Å². The van der Waals surface area contributed by atoms with Gasteiger partial charge in [0.15, 0.2) is 0 Å².